The summed E-state index contributed by atoms with van der Waals surface area (Å²) in [6.07, 6.45) is 2.21. The number of anilines is 3. The first-order chi connectivity index (χ1) is 18.7. The van der Waals surface area contributed by atoms with Crippen molar-refractivity contribution in [3.8, 4) is 17.6 Å². The molecule has 1 amide bonds. The molecule has 1 aromatic carbocycles. The highest BCUT2D eigenvalue weighted by Crippen LogP contribution is 2.45. The number of likely N-dealkylation sites (tertiary alicyclic amines) is 2. The average molecular weight is 551 g/mol. The van der Waals surface area contributed by atoms with E-state index in [1.54, 1.807) is 6.92 Å². The van der Waals surface area contributed by atoms with Crippen molar-refractivity contribution < 1.29 is 17.9 Å². The Morgan fingerprint density at radius 3 is 2.64 bits per heavy atom. The number of rotatable bonds is 3. The van der Waals surface area contributed by atoms with E-state index < -0.39 is 9.84 Å². The molecule has 0 bridgehead atoms. The van der Waals surface area contributed by atoms with Gasteiger partial charge < -0.3 is 19.9 Å². The molecule has 0 saturated carbocycles. The van der Waals surface area contributed by atoms with Crippen molar-refractivity contribution >= 4 is 33.1 Å². The molecule has 3 fully saturated rings. The van der Waals surface area contributed by atoms with Gasteiger partial charge >= 0.3 is 0 Å². The zero-order chi connectivity index (χ0) is 27.3. The summed E-state index contributed by atoms with van der Waals surface area (Å²) in [5, 5.41) is 3.52. The van der Waals surface area contributed by atoms with Crippen LogP contribution >= 0.6 is 0 Å². The van der Waals surface area contributed by atoms with Crippen LogP contribution in [0.25, 0.3) is 0 Å². The van der Waals surface area contributed by atoms with Crippen molar-refractivity contribution in [2.45, 2.75) is 45.3 Å². The molecular formula is C28H34N6O4S. The van der Waals surface area contributed by atoms with Crippen LogP contribution in [0.15, 0.2) is 18.5 Å². The molecule has 4 aliphatic heterocycles. The van der Waals surface area contributed by atoms with Crippen molar-refractivity contribution in [3.63, 3.8) is 0 Å². The molecule has 1 aromatic heterocycles. The lowest BCUT2D eigenvalue weighted by Gasteiger charge is -2.43. The summed E-state index contributed by atoms with van der Waals surface area (Å²) in [5.74, 6) is 8.17. The number of fused-ring (bicyclic) bond motifs is 2. The fourth-order valence-electron chi connectivity index (χ4n) is 6.12. The molecule has 11 heteroatoms. The molecule has 0 aliphatic carbocycles. The molecule has 1 N–H and O–H groups in total. The fraction of sp³-hybridized carbons (Fsp3) is 0.536. The zero-order valence-electron chi connectivity index (χ0n) is 22.6. The molecule has 0 spiro atoms. The molecule has 2 atom stereocenters. The standard InChI is InChI=1S/C28H34N6O4S/c1-4-5-24(35)33-7-6-22(16-33)34-14-21(15-34)20-12-18(2)26-23(13-20)31-27-25(19(3)38-26)28(30-17-29-27)32-8-10-39(36,37)11-9-32/h12-13,17,19,21-22H,6-11,14-16H2,1-3H3,(H,29,30,31)/t19-,22+/m0/s1. The topological polar surface area (TPSA) is 108 Å². The van der Waals surface area contributed by atoms with Gasteiger partial charge in [0.2, 0.25) is 0 Å². The third-order valence-corrected chi connectivity index (χ3v) is 9.95. The molecule has 10 nitrogen and oxygen atoms in total. The Morgan fingerprint density at radius 2 is 1.90 bits per heavy atom. The molecule has 5 heterocycles. The summed E-state index contributed by atoms with van der Waals surface area (Å²) >= 11 is 0. The van der Waals surface area contributed by atoms with E-state index in [4.69, 9.17) is 4.74 Å². The maximum atomic E-state index is 12.1. The number of hydrogen-bond acceptors (Lipinski definition) is 9. The smallest absolute Gasteiger partial charge is 0.298 e. The van der Waals surface area contributed by atoms with E-state index in [-0.39, 0.29) is 23.5 Å². The minimum Gasteiger partial charge on any atom is -0.483 e. The molecular weight excluding hydrogens is 516 g/mol. The van der Waals surface area contributed by atoms with Gasteiger partial charge in [0, 0.05) is 51.2 Å². The Labute approximate surface area is 229 Å². The van der Waals surface area contributed by atoms with Gasteiger partial charge in [0.25, 0.3) is 5.91 Å². The summed E-state index contributed by atoms with van der Waals surface area (Å²) in [4.78, 5) is 27.6. The van der Waals surface area contributed by atoms with Crippen LogP contribution in [0.3, 0.4) is 0 Å². The summed E-state index contributed by atoms with van der Waals surface area (Å²) in [6, 6.07) is 4.78. The first kappa shape index (κ1) is 25.9. The molecule has 39 heavy (non-hydrogen) atoms. The van der Waals surface area contributed by atoms with Gasteiger partial charge in [0.05, 0.1) is 22.8 Å². The number of carbonyl (C=O) groups excluding carboxylic acids is 1. The van der Waals surface area contributed by atoms with Crippen molar-refractivity contribution in [1.29, 1.82) is 0 Å². The van der Waals surface area contributed by atoms with Crippen LogP contribution in [0.2, 0.25) is 0 Å². The minimum atomic E-state index is -3.00. The third kappa shape index (κ3) is 4.92. The first-order valence-corrected chi connectivity index (χ1v) is 15.4. The number of nitrogens with one attached hydrogen (secondary N) is 1. The van der Waals surface area contributed by atoms with E-state index in [9.17, 15) is 13.2 Å². The van der Waals surface area contributed by atoms with Gasteiger partial charge in [-0.15, -0.1) is 0 Å². The number of hydrogen-bond donors (Lipinski definition) is 1. The van der Waals surface area contributed by atoms with Crippen molar-refractivity contribution in [1.82, 2.24) is 19.8 Å². The number of aryl methyl sites for hydroxylation is 1. The van der Waals surface area contributed by atoms with E-state index in [0.717, 1.165) is 61.0 Å². The highest BCUT2D eigenvalue weighted by atomic mass is 32.2. The van der Waals surface area contributed by atoms with Crippen LogP contribution in [-0.4, -0.2) is 90.9 Å². The summed E-state index contributed by atoms with van der Waals surface area (Å²) < 4.78 is 30.4. The summed E-state index contributed by atoms with van der Waals surface area (Å²) in [6.45, 7) is 10.0. The van der Waals surface area contributed by atoms with E-state index in [0.29, 0.717) is 30.9 Å². The predicted molar refractivity (Wildman–Crippen MR) is 149 cm³/mol. The van der Waals surface area contributed by atoms with Crippen LogP contribution in [0.1, 0.15) is 49.0 Å². The molecule has 4 aliphatic rings. The second-order valence-electron chi connectivity index (χ2n) is 10.9. The quantitative estimate of drug-likeness (QED) is 0.576. The lowest BCUT2D eigenvalue weighted by Crippen LogP contribution is -2.51. The minimum absolute atomic E-state index is 0.0729. The van der Waals surface area contributed by atoms with Gasteiger partial charge in [-0.25, -0.2) is 18.4 Å². The van der Waals surface area contributed by atoms with Crippen LogP contribution in [-0.2, 0) is 14.6 Å². The van der Waals surface area contributed by atoms with Gasteiger partial charge in [0.15, 0.2) is 9.84 Å². The molecule has 206 valence electrons. The number of benzene rings is 1. The number of nitrogens with zero attached hydrogens (tertiary/aromatic N) is 5. The van der Waals surface area contributed by atoms with Gasteiger partial charge in [-0.2, -0.15) is 0 Å². The van der Waals surface area contributed by atoms with Crippen molar-refractivity contribution in [3.05, 3.63) is 35.2 Å². The van der Waals surface area contributed by atoms with E-state index >= 15 is 0 Å². The Hall–Kier alpha value is -3.36. The van der Waals surface area contributed by atoms with Crippen molar-refractivity contribution in [2.24, 2.45) is 0 Å². The number of amides is 1. The number of sulfone groups is 1. The van der Waals surface area contributed by atoms with E-state index in [2.05, 4.69) is 51.1 Å². The van der Waals surface area contributed by atoms with Crippen LogP contribution in [0.5, 0.6) is 5.75 Å². The molecule has 0 unspecified atom stereocenters. The third-order valence-electron chi connectivity index (χ3n) is 8.34. The maximum Gasteiger partial charge on any atom is 0.298 e. The summed E-state index contributed by atoms with van der Waals surface area (Å²) in [5.41, 5.74) is 4.04. The Bertz CT molecular complexity index is 1460. The highest BCUT2D eigenvalue weighted by molar-refractivity contribution is 7.91. The van der Waals surface area contributed by atoms with Crippen LogP contribution in [0, 0.1) is 18.8 Å². The Kier molecular flexibility index (Phi) is 6.63. The largest absolute Gasteiger partial charge is 0.483 e. The zero-order valence-corrected chi connectivity index (χ0v) is 23.4. The monoisotopic (exact) mass is 550 g/mol. The van der Waals surface area contributed by atoms with E-state index in [1.165, 1.54) is 11.9 Å². The maximum absolute atomic E-state index is 12.1. The number of ether oxygens (including phenoxy) is 1. The van der Waals surface area contributed by atoms with Crippen LogP contribution < -0.4 is 15.0 Å². The Morgan fingerprint density at radius 1 is 1.13 bits per heavy atom. The fourth-order valence-corrected chi connectivity index (χ4v) is 7.32. The Balaban J connectivity index is 1.19. The molecule has 2 aromatic rings. The SMILES string of the molecule is CC#CC(=O)N1CC[C@@H](N2CC(c3cc(C)c4c(c3)Nc3ncnc(N5CCS(=O)(=O)CC5)c3[C@H](C)O4)C2)C1. The second-order valence-corrected chi connectivity index (χ2v) is 13.2. The van der Waals surface area contributed by atoms with Gasteiger partial charge in [-0.05, 0) is 50.3 Å². The van der Waals surface area contributed by atoms with Crippen molar-refractivity contribution in [2.75, 3.05) is 61.0 Å². The van der Waals surface area contributed by atoms with Gasteiger partial charge in [0.1, 0.15) is 29.8 Å². The highest BCUT2D eigenvalue weighted by Gasteiger charge is 2.38. The van der Waals surface area contributed by atoms with Gasteiger partial charge in [-0.3, -0.25) is 9.69 Å². The summed E-state index contributed by atoms with van der Waals surface area (Å²) in [7, 11) is -3.00. The lowest BCUT2D eigenvalue weighted by atomic mass is 9.88. The number of aromatic nitrogens is 2. The molecule has 6 rings (SSSR count). The predicted octanol–water partition coefficient (Wildman–Crippen LogP) is 2.24. The second kappa shape index (κ2) is 9.99. The first-order valence-electron chi connectivity index (χ1n) is 13.6. The number of carbonyl (C=O) groups is 1. The van der Waals surface area contributed by atoms with Gasteiger partial charge in [-0.1, -0.05) is 12.0 Å². The average Bonchev–Trinajstić information content (AvgIpc) is 3.29. The molecule has 3 saturated heterocycles. The van der Waals surface area contributed by atoms with E-state index in [1.807, 2.05) is 16.7 Å². The normalized spacial score (nSPS) is 24.3. The van der Waals surface area contributed by atoms with Crippen LogP contribution in [0.4, 0.5) is 17.3 Å². The lowest BCUT2D eigenvalue weighted by molar-refractivity contribution is -0.124. The molecule has 0 radical (unpaired) electrons.